The van der Waals surface area contributed by atoms with Gasteiger partial charge in [0.25, 0.3) is 0 Å². The average Bonchev–Trinajstić information content (AvgIpc) is 3.34. The summed E-state index contributed by atoms with van der Waals surface area (Å²) in [6.45, 7) is 8.36. The Hall–Kier alpha value is -1.47. The van der Waals surface area contributed by atoms with Crippen LogP contribution in [0.15, 0.2) is 10.5 Å². The maximum atomic E-state index is 15.4. The maximum absolute atomic E-state index is 15.4. The van der Waals surface area contributed by atoms with Crippen molar-refractivity contribution in [3.63, 3.8) is 0 Å². The summed E-state index contributed by atoms with van der Waals surface area (Å²) < 4.78 is 28.3. The third-order valence-corrected chi connectivity index (χ3v) is 9.62. The lowest BCUT2D eigenvalue weighted by Gasteiger charge is -2.42. The molecule has 2 bridgehead atoms. The molecule has 0 N–H and O–H groups in total. The minimum absolute atomic E-state index is 0.0134. The van der Waals surface area contributed by atoms with Crippen LogP contribution < -0.4 is 9.64 Å². The van der Waals surface area contributed by atoms with Crippen LogP contribution in [0.3, 0.4) is 0 Å². The van der Waals surface area contributed by atoms with Gasteiger partial charge in [0.05, 0.1) is 16.6 Å². The minimum atomic E-state index is -0.544. The summed E-state index contributed by atoms with van der Waals surface area (Å²) in [4.78, 5) is 28.5. The van der Waals surface area contributed by atoms with Crippen molar-refractivity contribution < 1.29 is 18.7 Å². The van der Waals surface area contributed by atoms with Crippen LogP contribution in [0.2, 0.25) is 0 Å². The van der Waals surface area contributed by atoms with E-state index in [0.717, 1.165) is 35.8 Å². The van der Waals surface area contributed by atoms with E-state index in [2.05, 4.69) is 60.4 Å². The van der Waals surface area contributed by atoms with Gasteiger partial charge in [-0.05, 0) is 105 Å². The Morgan fingerprint density at radius 3 is 2.53 bits per heavy atom. The number of hydrogen-bond donors (Lipinski definition) is 0. The number of hydrogen-bond acceptors (Lipinski definition) is 7. The first-order valence-electron chi connectivity index (χ1n) is 12.5. The second-order valence-electron chi connectivity index (χ2n) is 11.0. The first-order valence-corrected chi connectivity index (χ1v) is 14.3. The molecular weight excluding hydrogens is 644 g/mol. The van der Waals surface area contributed by atoms with Crippen LogP contribution in [0, 0.1) is 9.39 Å². The predicted octanol–water partition coefficient (Wildman–Crippen LogP) is 5.20. The molecule has 0 radical (unpaired) electrons. The molecule has 196 valence electrons. The van der Waals surface area contributed by atoms with Crippen LogP contribution in [0.1, 0.15) is 46.5 Å². The molecule has 3 aliphatic rings. The Labute approximate surface area is 233 Å². The van der Waals surface area contributed by atoms with Crippen LogP contribution in [0.25, 0.3) is 10.9 Å². The first-order chi connectivity index (χ1) is 17.0. The number of likely N-dealkylation sites (N-methyl/N-ethyl adjacent to an activating group) is 1. The highest BCUT2D eigenvalue weighted by molar-refractivity contribution is 14.1. The molecule has 0 saturated carbocycles. The van der Waals surface area contributed by atoms with E-state index < -0.39 is 11.4 Å². The number of fused-ring (bicyclic) bond motifs is 3. The summed E-state index contributed by atoms with van der Waals surface area (Å²) in [6, 6.07) is 2.43. The topological polar surface area (TPSA) is 71.0 Å². The normalized spacial score (nSPS) is 24.6. The van der Waals surface area contributed by atoms with E-state index in [4.69, 9.17) is 14.5 Å². The van der Waals surface area contributed by atoms with Gasteiger partial charge in [0.2, 0.25) is 0 Å². The Kier molecular flexibility index (Phi) is 7.27. The molecule has 4 heterocycles. The quantitative estimate of drug-likeness (QED) is 0.326. The van der Waals surface area contributed by atoms with E-state index in [-0.39, 0.29) is 29.7 Å². The zero-order valence-electron chi connectivity index (χ0n) is 21.1. The number of anilines is 1. The molecule has 5 rings (SSSR count). The third-order valence-electron chi connectivity index (χ3n) is 7.25. The summed E-state index contributed by atoms with van der Waals surface area (Å²) in [5.41, 5.74) is -0.304. The minimum Gasteiger partial charge on any atom is -0.462 e. The highest BCUT2D eigenvalue weighted by atomic mass is 127. The van der Waals surface area contributed by atoms with Gasteiger partial charge in [-0.2, -0.15) is 9.97 Å². The largest absolute Gasteiger partial charge is 0.462 e. The van der Waals surface area contributed by atoms with Gasteiger partial charge in [-0.1, -0.05) is 0 Å². The molecule has 0 spiro atoms. The maximum Gasteiger partial charge on any atom is 0.410 e. The molecule has 11 heteroatoms. The number of benzene rings is 1. The van der Waals surface area contributed by atoms with Crippen molar-refractivity contribution >= 4 is 61.3 Å². The molecule has 3 saturated heterocycles. The van der Waals surface area contributed by atoms with Gasteiger partial charge in [-0.25, -0.2) is 9.18 Å². The van der Waals surface area contributed by atoms with E-state index in [1.54, 1.807) is 0 Å². The number of nitrogens with zero attached hydrogens (tertiary/aromatic N) is 5. The van der Waals surface area contributed by atoms with Gasteiger partial charge >= 0.3 is 12.1 Å². The molecule has 3 atom stereocenters. The summed E-state index contributed by atoms with van der Waals surface area (Å²) in [5, 5.41) is 0.649. The molecule has 2 unspecified atom stereocenters. The Balaban J connectivity index is 1.46. The molecule has 0 aliphatic carbocycles. The van der Waals surface area contributed by atoms with E-state index in [1.165, 1.54) is 0 Å². The number of carbonyl (C=O) groups excluding carboxylic acids is 1. The Morgan fingerprint density at radius 2 is 1.92 bits per heavy atom. The molecule has 3 aliphatic heterocycles. The number of rotatable bonds is 4. The molecule has 36 heavy (non-hydrogen) atoms. The van der Waals surface area contributed by atoms with Gasteiger partial charge in [-0.15, -0.1) is 0 Å². The molecule has 2 aromatic rings. The van der Waals surface area contributed by atoms with Gasteiger partial charge in [0, 0.05) is 28.1 Å². The zero-order valence-corrected chi connectivity index (χ0v) is 24.8. The smallest absolute Gasteiger partial charge is 0.410 e. The lowest BCUT2D eigenvalue weighted by Crippen LogP contribution is -2.57. The number of likely N-dealkylation sites (tertiary alicyclic amines) is 1. The number of piperazine rings is 1. The zero-order chi connectivity index (χ0) is 25.8. The van der Waals surface area contributed by atoms with Crippen molar-refractivity contribution in [1.82, 2.24) is 19.8 Å². The van der Waals surface area contributed by atoms with Gasteiger partial charge in [0.1, 0.15) is 23.5 Å². The van der Waals surface area contributed by atoms with E-state index in [9.17, 15) is 4.79 Å². The second-order valence-corrected chi connectivity index (χ2v) is 12.9. The van der Waals surface area contributed by atoms with Gasteiger partial charge in [0.15, 0.2) is 5.82 Å². The van der Waals surface area contributed by atoms with Gasteiger partial charge in [-0.3, -0.25) is 4.90 Å². The van der Waals surface area contributed by atoms with Crippen LogP contribution in [-0.4, -0.2) is 82.9 Å². The standard InChI is InChI=1S/C25H32BrFIN5O3/c1-25(2,3)36-24(34)33-14-7-8-15(33)12-32(11-14)22-17-10-18(28)19(26)20(27)21(17)29-23(30-22)35-13-16-6-5-9-31(16)4/h10,14-16H,5-9,11-13H2,1-4H3/t14?,15?,16-/m0/s1. The van der Waals surface area contributed by atoms with E-state index in [1.807, 2.05) is 31.7 Å². The monoisotopic (exact) mass is 675 g/mol. The molecule has 3 fully saturated rings. The van der Waals surface area contributed by atoms with Crippen molar-refractivity contribution in [2.24, 2.45) is 0 Å². The number of amides is 1. The first kappa shape index (κ1) is 26.1. The summed E-state index contributed by atoms with van der Waals surface area (Å²) in [6.07, 6.45) is 3.73. The van der Waals surface area contributed by atoms with Crippen molar-refractivity contribution in [2.75, 3.05) is 38.2 Å². The summed E-state index contributed by atoms with van der Waals surface area (Å²) >= 11 is 5.48. The number of carbonyl (C=O) groups is 1. The highest BCUT2D eigenvalue weighted by Crippen LogP contribution is 2.38. The fourth-order valence-electron chi connectivity index (χ4n) is 5.49. The van der Waals surface area contributed by atoms with Crippen molar-refractivity contribution in [2.45, 2.75) is 70.2 Å². The van der Waals surface area contributed by atoms with Crippen LogP contribution in [0.5, 0.6) is 6.01 Å². The highest BCUT2D eigenvalue weighted by Gasteiger charge is 2.45. The molecule has 1 aromatic heterocycles. The lowest BCUT2D eigenvalue weighted by molar-refractivity contribution is 0.0123. The Bertz CT molecular complexity index is 1160. The Morgan fingerprint density at radius 1 is 1.22 bits per heavy atom. The summed E-state index contributed by atoms with van der Waals surface area (Å²) in [5.74, 6) is 0.235. The fraction of sp³-hybridized carbons (Fsp3) is 0.640. The predicted molar refractivity (Wildman–Crippen MR) is 148 cm³/mol. The fourth-order valence-corrected chi connectivity index (χ4v) is 6.34. The number of ether oxygens (including phenoxy) is 2. The molecule has 1 aromatic carbocycles. The van der Waals surface area contributed by atoms with Crippen LogP contribution >= 0.6 is 38.5 Å². The summed E-state index contributed by atoms with van der Waals surface area (Å²) in [7, 11) is 2.09. The molecule has 8 nitrogen and oxygen atoms in total. The number of aromatic nitrogens is 2. The second kappa shape index (κ2) is 10.0. The number of halogens is 3. The van der Waals surface area contributed by atoms with E-state index >= 15 is 4.39 Å². The van der Waals surface area contributed by atoms with Crippen molar-refractivity contribution in [3.8, 4) is 6.01 Å². The van der Waals surface area contributed by atoms with Crippen molar-refractivity contribution in [3.05, 3.63) is 19.9 Å². The average molecular weight is 676 g/mol. The van der Waals surface area contributed by atoms with Crippen molar-refractivity contribution in [1.29, 1.82) is 0 Å². The lowest BCUT2D eigenvalue weighted by atomic mass is 10.1. The SMILES string of the molecule is CN1CCC[C@H]1COc1nc(N2CC3CCC(C2)N3C(=O)OC(C)(C)C)c2cc(I)c(Br)c(F)c2n1. The molecular formula is C25H32BrFIN5O3. The van der Waals surface area contributed by atoms with E-state index in [0.29, 0.717) is 41.4 Å². The third kappa shape index (κ3) is 5.11. The van der Waals surface area contributed by atoms with Gasteiger partial charge < -0.3 is 19.3 Å². The molecule has 1 amide bonds. The van der Waals surface area contributed by atoms with Crippen LogP contribution in [0.4, 0.5) is 15.0 Å². The van der Waals surface area contributed by atoms with Crippen LogP contribution in [-0.2, 0) is 4.74 Å².